The van der Waals surface area contributed by atoms with E-state index in [1.807, 2.05) is 0 Å². The fourth-order valence-electron chi connectivity index (χ4n) is 1.63. The molecule has 0 atom stereocenters. The van der Waals surface area contributed by atoms with Gasteiger partial charge >= 0.3 is 0 Å². The Morgan fingerprint density at radius 1 is 1.56 bits per heavy atom. The highest BCUT2D eigenvalue weighted by atomic mass is 16.7. The lowest BCUT2D eigenvalue weighted by atomic mass is 10.2. The van der Waals surface area contributed by atoms with Gasteiger partial charge in [-0.1, -0.05) is 5.92 Å². The molecule has 0 bridgehead atoms. The van der Waals surface area contributed by atoms with E-state index in [0.717, 1.165) is 0 Å². The van der Waals surface area contributed by atoms with Crippen molar-refractivity contribution >= 4 is 22.9 Å². The van der Waals surface area contributed by atoms with Gasteiger partial charge in [-0.15, -0.1) is 6.42 Å². The number of aromatic nitrogens is 1. The number of terminal acetylenes is 1. The van der Waals surface area contributed by atoms with Gasteiger partial charge in [-0.25, -0.2) is 0 Å². The Hall–Kier alpha value is -2.81. The van der Waals surface area contributed by atoms with Gasteiger partial charge in [-0.05, 0) is 6.07 Å². The summed E-state index contributed by atoms with van der Waals surface area (Å²) >= 11 is 0. The second-order valence-corrected chi connectivity index (χ2v) is 3.46. The summed E-state index contributed by atoms with van der Waals surface area (Å²) in [6.07, 6.45) is 7.17. The number of nitro groups is 1. The summed E-state index contributed by atoms with van der Waals surface area (Å²) in [4.78, 5) is 26.3. The molecule has 0 aliphatic carbocycles. The molecule has 2 aromatic rings. The van der Waals surface area contributed by atoms with Crippen molar-refractivity contribution in [1.82, 2.24) is 4.73 Å². The fraction of sp³-hybridized carbons (Fsp3) is 0.0833. The molecule has 1 aromatic heterocycles. The summed E-state index contributed by atoms with van der Waals surface area (Å²) in [7, 11) is 0. The first-order chi connectivity index (χ1) is 8.67. The molecule has 90 valence electrons. The third-order valence-corrected chi connectivity index (χ3v) is 2.41. The predicted molar refractivity (Wildman–Crippen MR) is 64.3 cm³/mol. The quantitative estimate of drug-likeness (QED) is 0.353. The van der Waals surface area contributed by atoms with E-state index in [2.05, 4.69) is 5.92 Å². The molecule has 18 heavy (non-hydrogen) atoms. The van der Waals surface area contributed by atoms with Gasteiger partial charge in [-0.2, -0.15) is 4.73 Å². The zero-order valence-electron chi connectivity index (χ0n) is 9.20. The molecule has 6 heteroatoms. The highest BCUT2D eigenvalue weighted by Crippen LogP contribution is 2.24. The number of nitro benzene ring substituents is 1. The van der Waals surface area contributed by atoms with Gasteiger partial charge in [0.2, 0.25) is 0 Å². The maximum atomic E-state index is 10.9. The van der Waals surface area contributed by atoms with Gasteiger partial charge in [0.1, 0.15) is 0 Å². The molecule has 0 aliphatic rings. The molecule has 0 aliphatic heterocycles. The Kier molecular flexibility index (Phi) is 2.98. The van der Waals surface area contributed by atoms with Crippen molar-refractivity contribution in [1.29, 1.82) is 0 Å². The van der Waals surface area contributed by atoms with E-state index < -0.39 is 4.92 Å². The monoisotopic (exact) mass is 244 g/mol. The van der Waals surface area contributed by atoms with Crippen LogP contribution in [0.3, 0.4) is 0 Å². The summed E-state index contributed by atoms with van der Waals surface area (Å²) in [5, 5.41) is 11.3. The molecule has 0 fully saturated rings. The second kappa shape index (κ2) is 4.59. The Labute approximate surface area is 102 Å². The lowest BCUT2D eigenvalue weighted by molar-refractivity contribution is -0.384. The standard InChI is InChI=1S/C12H8N2O4/c1-2-5-18-13-7-9(8-15)11-4-3-10(14(16)17)6-12(11)13/h1,3-4,6-8H,5H2. The Morgan fingerprint density at radius 3 is 2.94 bits per heavy atom. The zero-order valence-corrected chi connectivity index (χ0v) is 9.20. The van der Waals surface area contributed by atoms with Crippen molar-refractivity contribution < 1.29 is 14.6 Å². The van der Waals surface area contributed by atoms with E-state index in [-0.39, 0.29) is 12.3 Å². The van der Waals surface area contributed by atoms with Crippen molar-refractivity contribution in [2.24, 2.45) is 0 Å². The van der Waals surface area contributed by atoms with Gasteiger partial charge in [-0.3, -0.25) is 14.9 Å². The minimum Gasteiger partial charge on any atom is -0.401 e. The number of fused-ring (bicyclic) bond motifs is 1. The van der Waals surface area contributed by atoms with Crippen LogP contribution in [-0.4, -0.2) is 22.5 Å². The summed E-state index contributed by atoms with van der Waals surface area (Å²) in [6, 6.07) is 4.17. The summed E-state index contributed by atoms with van der Waals surface area (Å²) < 4.78 is 1.27. The highest BCUT2D eigenvalue weighted by molar-refractivity contribution is 5.98. The Balaban J connectivity index is 2.62. The van der Waals surface area contributed by atoms with Gasteiger partial charge in [0.15, 0.2) is 12.9 Å². The number of carbonyl (C=O) groups excluding carboxylic acids is 1. The fourth-order valence-corrected chi connectivity index (χ4v) is 1.63. The first kappa shape index (κ1) is 11.7. The van der Waals surface area contributed by atoms with E-state index in [1.165, 1.54) is 29.1 Å². The molecule has 0 amide bonds. The van der Waals surface area contributed by atoms with Gasteiger partial charge in [0, 0.05) is 23.1 Å². The SMILES string of the molecule is C#CCOn1cc(C=O)c2ccc([N+](=O)[O-])cc21. The molecule has 0 spiro atoms. The summed E-state index contributed by atoms with van der Waals surface area (Å²) in [5.74, 6) is 2.28. The van der Waals surface area contributed by atoms with Crippen molar-refractivity contribution in [3.05, 3.63) is 40.1 Å². The first-order valence-corrected chi connectivity index (χ1v) is 4.99. The number of hydrogen-bond donors (Lipinski definition) is 0. The largest absolute Gasteiger partial charge is 0.401 e. The van der Waals surface area contributed by atoms with Gasteiger partial charge < -0.3 is 4.84 Å². The number of carbonyl (C=O) groups is 1. The molecule has 2 rings (SSSR count). The van der Waals surface area contributed by atoms with Crippen LogP contribution in [0.5, 0.6) is 0 Å². The van der Waals surface area contributed by atoms with Crippen LogP contribution in [0, 0.1) is 22.5 Å². The molecule has 0 N–H and O–H groups in total. The van der Waals surface area contributed by atoms with Crippen molar-refractivity contribution in [3.63, 3.8) is 0 Å². The minimum absolute atomic E-state index is 0.00473. The third kappa shape index (κ3) is 1.89. The average molecular weight is 244 g/mol. The highest BCUT2D eigenvalue weighted by Gasteiger charge is 2.13. The van der Waals surface area contributed by atoms with Crippen LogP contribution >= 0.6 is 0 Å². The smallest absolute Gasteiger partial charge is 0.271 e. The van der Waals surface area contributed by atoms with Gasteiger partial charge in [0.25, 0.3) is 5.69 Å². The van der Waals surface area contributed by atoms with E-state index in [9.17, 15) is 14.9 Å². The number of hydrogen-bond acceptors (Lipinski definition) is 4. The van der Waals surface area contributed by atoms with E-state index >= 15 is 0 Å². The third-order valence-electron chi connectivity index (χ3n) is 2.41. The molecule has 0 radical (unpaired) electrons. The number of non-ortho nitro benzene ring substituents is 1. The maximum Gasteiger partial charge on any atom is 0.271 e. The molecule has 6 nitrogen and oxygen atoms in total. The van der Waals surface area contributed by atoms with Crippen molar-refractivity contribution in [2.45, 2.75) is 0 Å². The van der Waals surface area contributed by atoms with Gasteiger partial charge in [0.05, 0.1) is 16.6 Å². The summed E-state index contributed by atoms with van der Waals surface area (Å²) in [6.45, 7) is 0.00473. The van der Waals surface area contributed by atoms with E-state index in [4.69, 9.17) is 11.3 Å². The van der Waals surface area contributed by atoms with Crippen LogP contribution in [0.2, 0.25) is 0 Å². The van der Waals surface area contributed by atoms with Crippen LogP contribution in [0.1, 0.15) is 10.4 Å². The molecular formula is C12H8N2O4. The summed E-state index contributed by atoms with van der Waals surface area (Å²) in [5.41, 5.74) is 0.738. The maximum absolute atomic E-state index is 10.9. The zero-order chi connectivity index (χ0) is 13.1. The van der Waals surface area contributed by atoms with E-state index in [0.29, 0.717) is 22.8 Å². The lowest BCUT2D eigenvalue weighted by Gasteiger charge is -2.03. The molecule has 0 unspecified atom stereocenters. The van der Waals surface area contributed by atoms with Crippen LogP contribution in [-0.2, 0) is 0 Å². The number of aldehydes is 1. The van der Waals surface area contributed by atoms with Crippen LogP contribution < -0.4 is 4.84 Å². The second-order valence-electron chi connectivity index (χ2n) is 3.46. The minimum atomic E-state index is -0.515. The first-order valence-electron chi connectivity index (χ1n) is 4.99. The topological polar surface area (TPSA) is 74.4 Å². The molecule has 1 heterocycles. The normalized spacial score (nSPS) is 9.94. The van der Waals surface area contributed by atoms with Crippen molar-refractivity contribution in [3.8, 4) is 12.3 Å². The number of nitrogens with zero attached hydrogens (tertiary/aromatic N) is 2. The lowest BCUT2D eigenvalue weighted by Crippen LogP contribution is -2.09. The predicted octanol–water partition coefficient (Wildman–Crippen LogP) is 1.42. The Morgan fingerprint density at radius 2 is 2.33 bits per heavy atom. The molecular weight excluding hydrogens is 236 g/mol. The average Bonchev–Trinajstić information content (AvgIpc) is 2.73. The molecule has 1 aromatic carbocycles. The van der Waals surface area contributed by atoms with Crippen LogP contribution in [0.15, 0.2) is 24.4 Å². The molecule has 0 saturated heterocycles. The van der Waals surface area contributed by atoms with Crippen LogP contribution in [0.25, 0.3) is 10.9 Å². The van der Waals surface area contributed by atoms with Crippen LogP contribution in [0.4, 0.5) is 5.69 Å². The molecule has 0 saturated carbocycles. The van der Waals surface area contributed by atoms with Crippen molar-refractivity contribution in [2.75, 3.05) is 6.61 Å². The Bertz CT molecular complexity index is 667. The van der Waals surface area contributed by atoms with E-state index in [1.54, 1.807) is 0 Å². The number of benzene rings is 1. The number of rotatable bonds is 4.